The monoisotopic (exact) mass is 275 g/mol. The van der Waals surface area contributed by atoms with Gasteiger partial charge in [-0.3, -0.25) is 15.0 Å². The van der Waals surface area contributed by atoms with Crippen LogP contribution in [0.5, 0.6) is 0 Å². The smallest absolute Gasteiger partial charge is 0.269 e. The molecule has 0 bridgehead atoms. The fraction of sp³-hybridized carbons (Fsp3) is 0.500. The summed E-state index contributed by atoms with van der Waals surface area (Å²) in [6, 6.07) is 8.05. The Bertz CT molecular complexity index is 513. The summed E-state index contributed by atoms with van der Waals surface area (Å²) in [5.41, 5.74) is 0.813. The van der Waals surface area contributed by atoms with Gasteiger partial charge >= 0.3 is 0 Å². The van der Waals surface area contributed by atoms with E-state index in [2.05, 4.69) is 11.0 Å². The van der Waals surface area contributed by atoms with Crippen molar-refractivity contribution in [1.82, 2.24) is 4.90 Å². The Morgan fingerprint density at radius 2 is 1.90 bits per heavy atom. The second kappa shape index (κ2) is 5.99. The van der Waals surface area contributed by atoms with Gasteiger partial charge in [-0.15, -0.1) is 0 Å². The van der Waals surface area contributed by atoms with E-state index < -0.39 is 11.0 Å². The van der Waals surface area contributed by atoms with Gasteiger partial charge in [-0.1, -0.05) is 0 Å². The minimum atomic E-state index is -0.440. The molecule has 6 heteroatoms. The normalized spacial score (nSPS) is 24.9. The van der Waals surface area contributed by atoms with Crippen LogP contribution in [0, 0.1) is 21.4 Å². The Kier molecular flexibility index (Phi) is 4.32. The molecule has 1 heterocycles. The third kappa shape index (κ3) is 3.13. The van der Waals surface area contributed by atoms with Gasteiger partial charge in [0.05, 0.1) is 23.2 Å². The predicted octanol–water partition coefficient (Wildman–Crippen LogP) is 2.27. The summed E-state index contributed by atoms with van der Waals surface area (Å²) in [6.07, 6.45) is 0.153. The van der Waals surface area contributed by atoms with Crippen LogP contribution in [0.4, 0.5) is 5.69 Å². The largest absolute Gasteiger partial charge is 0.373 e. The summed E-state index contributed by atoms with van der Waals surface area (Å²) in [6.45, 7) is 5.32. The van der Waals surface area contributed by atoms with Crippen LogP contribution >= 0.6 is 0 Å². The lowest BCUT2D eigenvalue weighted by Gasteiger charge is -2.37. The number of hydrogen-bond donors (Lipinski definition) is 0. The predicted molar refractivity (Wildman–Crippen MR) is 73.0 cm³/mol. The standard InChI is InChI=1S/C14H17N3O3/c1-10-8-16(9-11(2)20-10)14(7-15)12-3-5-13(6-4-12)17(18)19/h3-6,10-11,14H,8-9H2,1-2H3. The van der Waals surface area contributed by atoms with Crippen molar-refractivity contribution in [1.29, 1.82) is 5.26 Å². The number of nitro benzene ring substituents is 1. The quantitative estimate of drug-likeness (QED) is 0.624. The molecule has 1 aliphatic rings. The van der Waals surface area contributed by atoms with E-state index in [1.807, 2.05) is 13.8 Å². The topological polar surface area (TPSA) is 79.4 Å². The zero-order chi connectivity index (χ0) is 14.7. The van der Waals surface area contributed by atoms with Gasteiger partial charge in [0.1, 0.15) is 6.04 Å². The lowest BCUT2D eigenvalue weighted by atomic mass is 10.0. The van der Waals surface area contributed by atoms with Crippen LogP contribution in [0.2, 0.25) is 0 Å². The Labute approximate surface area is 117 Å². The van der Waals surface area contributed by atoms with E-state index in [-0.39, 0.29) is 17.9 Å². The molecule has 0 saturated carbocycles. The minimum absolute atomic E-state index is 0.0363. The molecular weight excluding hydrogens is 258 g/mol. The van der Waals surface area contributed by atoms with Crippen molar-refractivity contribution in [2.75, 3.05) is 13.1 Å². The molecule has 6 nitrogen and oxygen atoms in total. The number of nitriles is 1. The van der Waals surface area contributed by atoms with Gasteiger partial charge in [0, 0.05) is 25.2 Å². The maximum absolute atomic E-state index is 10.7. The maximum Gasteiger partial charge on any atom is 0.269 e. The van der Waals surface area contributed by atoms with Crippen LogP contribution in [-0.2, 0) is 4.74 Å². The van der Waals surface area contributed by atoms with Crippen molar-refractivity contribution in [3.8, 4) is 6.07 Å². The van der Waals surface area contributed by atoms with Crippen molar-refractivity contribution in [3.05, 3.63) is 39.9 Å². The van der Waals surface area contributed by atoms with Crippen LogP contribution in [0.15, 0.2) is 24.3 Å². The molecule has 3 unspecified atom stereocenters. The molecule has 0 N–H and O–H groups in total. The van der Waals surface area contributed by atoms with Gasteiger partial charge < -0.3 is 4.74 Å². The number of rotatable bonds is 3. The molecule has 20 heavy (non-hydrogen) atoms. The van der Waals surface area contributed by atoms with Gasteiger partial charge in [-0.25, -0.2) is 0 Å². The Morgan fingerprint density at radius 1 is 1.35 bits per heavy atom. The third-order valence-corrected chi connectivity index (χ3v) is 3.35. The van der Waals surface area contributed by atoms with Crippen LogP contribution in [-0.4, -0.2) is 35.1 Å². The molecule has 1 fully saturated rings. The van der Waals surface area contributed by atoms with Crippen molar-refractivity contribution in [2.45, 2.75) is 32.1 Å². The highest BCUT2D eigenvalue weighted by Crippen LogP contribution is 2.25. The maximum atomic E-state index is 10.7. The van der Waals surface area contributed by atoms with E-state index >= 15 is 0 Å². The summed E-state index contributed by atoms with van der Waals surface area (Å²) < 4.78 is 5.66. The number of morpholine rings is 1. The molecule has 106 valence electrons. The van der Waals surface area contributed by atoms with E-state index in [4.69, 9.17) is 4.74 Å². The van der Waals surface area contributed by atoms with E-state index in [0.29, 0.717) is 13.1 Å². The Morgan fingerprint density at radius 3 is 2.35 bits per heavy atom. The van der Waals surface area contributed by atoms with Gasteiger partial charge in [0.25, 0.3) is 5.69 Å². The first-order valence-electron chi connectivity index (χ1n) is 6.54. The van der Waals surface area contributed by atoms with Crippen LogP contribution < -0.4 is 0 Å². The first kappa shape index (κ1) is 14.4. The molecule has 0 spiro atoms. The molecule has 0 amide bonds. The highest BCUT2D eigenvalue weighted by molar-refractivity contribution is 5.36. The number of nitro groups is 1. The lowest BCUT2D eigenvalue weighted by molar-refractivity contribution is -0.384. The van der Waals surface area contributed by atoms with Gasteiger partial charge in [0.15, 0.2) is 0 Å². The number of benzene rings is 1. The van der Waals surface area contributed by atoms with Crippen molar-refractivity contribution in [2.24, 2.45) is 0 Å². The lowest BCUT2D eigenvalue weighted by Crippen LogP contribution is -2.46. The average Bonchev–Trinajstić information content (AvgIpc) is 2.39. The summed E-state index contributed by atoms with van der Waals surface area (Å²) >= 11 is 0. The number of hydrogen-bond acceptors (Lipinski definition) is 5. The van der Waals surface area contributed by atoms with Crippen LogP contribution in [0.3, 0.4) is 0 Å². The third-order valence-electron chi connectivity index (χ3n) is 3.35. The Hall–Kier alpha value is -1.97. The molecule has 1 aromatic rings. The first-order valence-corrected chi connectivity index (χ1v) is 6.54. The van der Waals surface area contributed by atoms with Crippen LogP contribution in [0.25, 0.3) is 0 Å². The van der Waals surface area contributed by atoms with Crippen molar-refractivity contribution in [3.63, 3.8) is 0 Å². The minimum Gasteiger partial charge on any atom is -0.373 e. The summed E-state index contributed by atoms with van der Waals surface area (Å²) in [5.74, 6) is 0. The number of non-ortho nitro benzene ring substituents is 1. The highest BCUT2D eigenvalue weighted by atomic mass is 16.6. The number of nitrogens with zero attached hydrogens (tertiary/aromatic N) is 3. The molecule has 1 aromatic carbocycles. The Balaban J connectivity index is 2.19. The van der Waals surface area contributed by atoms with Gasteiger partial charge in [-0.2, -0.15) is 5.26 Å². The average molecular weight is 275 g/mol. The van der Waals surface area contributed by atoms with E-state index in [1.165, 1.54) is 12.1 Å². The molecule has 0 aromatic heterocycles. The molecule has 3 atom stereocenters. The molecule has 0 radical (unpaired) electrons. The summed E-state index contributed by atoms with van der Waals surface area (Å²) in [7, 11) is 0. The van der Waals surface area contributed by atoms with Gasteiger partial charge in [0.2, 0.25) is 0 Å². The number of ether oxygens (including phenoxy) is 1. The van der Waals surface area contributed by atoms with Crippen LogP contribution in [0.1, 0.15) is 25.5 Å². The molecule has 0 aliphatic carbocycles. The summed E-state index contributed by atoms with van der Waals surface area (Å²) in [5, 5.41) is 20.1. The van der Waals surface area contributed by atoms with E-state index in [1.54, 1.807) is 12.1 Å². The van der Waals surface area contributed by atoms with Crippen molar-refractivity contribution < 1.29 is 9.66 Å². The van der Waals surface area contributed by atoms with Gasteiger partial charge in [-0.05, 0) is 31.5 Å². The molecule has 1 saturated heterocycles. The highest BCUT2D eigenvalue weighted by Gasteiger charge is 2.29. The fourth-order valence-electron chi connectivity index (χ4n) is 2.57. The second-order valence-corrected chi connectivity index (χ2v) is 5.09. The zero-order valence-corrected chi connectivity index (χ0v) is 11.5. The zero-order valence-electron chi connectivity index (χ0n) is 11.5. The first-order chi connectivity index (χ1) is 9.51. The SMILES string of the molecule is CC1CN(C(C#N)c2ccc([N+](=O)[O-])cc2)CC(C)O1. The molecule has 1 aliphatic heterocycles. The summed E-state index contributed by atoms with van der Waals surface area (Å²) in [4.78, 5) is 12.3. The van der Waals surface area contributed by atoms with Crippen molar-refractivity contribution >= 4 is 5.69 Å². The fourth-order valence-corrected chi connectivity index (χ4v) is 2.57. The molecular formula is C14H17N3O3. The van der Waals surface area contributed by atoms with E-state index in [9.17, 15) is 15.4 Å². The second-order valence-electron chi connectivity index (χ2n) is 5.09. The van der Waals surface area contributed by atoms with E-state index in [0.717, 1.165) is 5.56 Å². The molecule has 2 rings (SSSR count).